The lowest BCUT2D eigenvalue weighted by molar-refractivity contribution is 0.203. The molecule has 0 unspecified atom stereocenters. The predicted octanol–water partition coefficient (Wildman–Crippen LogP) is 2.42. The number of aliphatic hydroxyl groups excluding tert-OH is 2. The summed E-state index contributed by atoms with van der Waals surface area (Å²) in [5.74, 6) is -0.0234. The quantitative estimate of drug-likeness (QED) is 0.472. The van der Waals surface area contributed by atoms with Gasteiger partial charge in [0.25, 0.3) is 0 Å². The maximum absolute atomic E-state index is 13.3. The number of nitrogens with zero attached hydrogens (tertiary/aromatic N) is 4. The van der Waals surface area contributed by atoms with Gasteiger partial charge in [-0.3, -0.25) is 4.40 Å². The van der Waals surface area contributed by atoms with Gasteiger partial charge < -0.3 is 15.5 Å². The van der Waals surface area contributed by atoms with Gasteiger partial charge >= 0.3 is 0 Å². The average Bonchev–Trinajstić information content (AvgIpc) is 3.28. The molecular formula is C18H16FN5O2S. The maximum atomic E-state index is 13.3. The van der Waals surface area contributed by atoms with E-state index in [1.807, 2.05) is 16.0 Å². The topological polar surface area (TPSA) is 95.6 Å². The number of anilines is 1. The fourth-order valence-electron chi connectivity index (χ4n) is 2.73. The third kappa shape index (κ3) is 3.39. The van der Waals surface area contributed by atoms with Gasteiger partial charge in [-0.15, -0.1) is 11.3 Å². The van der Waals surface area contributed by atoms with E-state index in [0.717, 1.165) is 16.2 Å². The highest BCUT2D eigenvalue weighted by molar-refractivity contribution is 7.15. The number of benzene rings is 1. The van der Waals surface area contributed by atoms with E-state index in [1.54, 1.807) is 24.4 Å². The Morgan fingerprint density at radius 2 is 1.89 bits per heavy atom. The van der Waals surface area contributed by atoms with Gasteiger partial charge in [-0.2, -0.15) is 0 Å². The van der Waals surface area contributed by atoms with E-state index in [4.69, 9.17) is 0 Å². The van der Waals surface area contributed by atoms with Crippen molar-refractivity contribution in [1.29, 1.82) is 0 Å². The number of halogens is 1. The molecule has 0 aliphatic rings. The smallest absolute Gasteiger partial charge is 0.223 e. The van der Waals surface area contributed by atoms with E-state index in [0.29, 0.717) is 11.4 Å². The minimum Gasteiger partial charge on any atom is -0.394 e. The lowest BCUT2D eigenvalue weighted by Crippen LogP contribution is -2.28. The molecule has 0 radical (unpaired) electrons. The van der Waals surface area contributed by atoms with Crippen LogP contribution in [0.3, 0.4) is 0 Å². The van der Waals surface area contributed by atoms with Gasteiger partial charge in [0, 0.05) is 23.3 Å². The molecule has 3 heterocycles. The van der Waals surface area contributed by atoms with Crippen molar-refractivity contribution < 1.29 is 14.6 Å². The second-order valence-corrected chi connectivity index (χ2v) is 6.72. The molecule has 1 aromatic carbocycles. The van der Waals surface area contributed by atoms with Gasteiger partial charge in [-0.25, -0.2) is 19.3 Å². The molecular weight excluding hydrogens is 369 g/mol. The molecule has 0 aliphatic carbocycles. The average molecular weight is 385 g/mol. The highest BCUT2D eigenvalue weighted by Gasteiger charge is 2.19. The van der Waals surface area contributed by atoms with Gasteiger partial charge in [0.05, 0.1) is 30.6 Å². The third-order valence-electron chi connectivity index (χ3n) is 4.05. The molecule has 27 heavy (non-hydrogen) atoms. The van der Waals surface area contributed by atoms with Gasteiger partial charge in [0.15, 0.2) is 4.96 Å². The number of aliphatic hydroxyl groups is 2. The lowest BCUT2D eigenvalue weighted by atomic mass is 10.1. The van der Waals surface area contributed by atoms with Crippen molar-refractivity contribution in [3.63, 3.8) is 0 Å². The summed E-state index contributed by atoms with van der Waals surface area (Å²) in [4.78, 5) is 14.1. The monoisotopic (exact) mass is 385 g/mol. The number of thiazole rings is 1. The highest BCUT2D eigenvalue weighted by Crippen LogP contribution is 2.33. The van der Waals surface area contributed by atoms with Gasteiger partial charge in [0.1, 0.15) is 11.5 Å². The summed E-state index contributed by atoms with van der Waals surface area (Å²) in [5, 5.41) is 23.3. The Bertz CT molecular complexity index is 1060. The Morgan fingerprint density at radius 3 is 2.63 bits per heavy atom. The molecule has 0 saturated heterocycles. The van der Waals surface area contributed by atoms with Crippen LogP contribution in [0.2, 0.25) is 0 Å². The summed E-state index contributed by atoms with van der Waals surface area (Å²) in [6.07, 6.45) is 3.49. The van der Waals surface area contributed by atoms with Crippen molar-refractivity contribution in [2.45, 2.75) is 6.04 Å². The number of rotatable bonds is 6. The first kappa shape index (κ1) is 17.5. The molecule has 0 amide bonds. The minimum atomic E-state index is -0.552. The number of fused-ring (bicyclic) bond motifs is 1. The molecule has 0 bridgehead atoms. The second kappa shape index (κ2) is 7.39. The van der Waals surface area contributed by atoms with Crippen molar-refractivity contribution >= 4 is 22.2 Å². The number of nitrogens with one attached hydrogen (secondary N) is 1. The largest absolute Gasteiger partial charge is 0.394 e. The van der Waals surface area contributed by atoms with Gasteiger partial charge in [-0.05, 0) is 30.3 Å². The molecule has 0 atom stereocenters. The zero-order valence-corrected chi connectivity index (χ0v) is 14.9. The van der Waals surface area contributed by atoms with Crippen molar-refractivity contribution in [1.82, 2.24) is 19.4 Å². The molecule has 0 saturated carbocycles. The Balaban J connectivity index is 1.82. The van der Waals surface area contributed by atoms with E-state index in [9.17, 15) is 14.6 Å². The van der Waals surface area contributed by atoms with E-state index in [2.05, 4.69) is 20.3 Å². The van der Waals surface area contributed by atoms with Crippen LogP contribution in [-0.2, 0) is 0 Å². The van der Waals surface area contributed by atoms with E-state index >= 15 is 0 Å². The van der Waals surface area contributed by atoms with Crippen molar-refractivity contribution in [3.8, 4) is 22.6 Å². The van der Waals surface area contributed by atoms with Crippen LogP contribution >= 0.6 is 11.3 Å². The molecule has 3 N–H and O–H groups in total. The number of aromatic nitrogens is 4. The van der Waals surface area contributed by atoms with Crippen LogP contribution in [0.5, 0.6) is 0 Å². The molecule has 7 nitrogen and oxygen atoms in total. The van der Waals surface area contributed by atoms with Gasteiger partial charge in [-0.1, -0.05) is 0 Å². The summed E-state index contributed by atoms with van der Waals surface area (Å²) in [7, 11) is 0. The van der Waals surface area contributed by atoms with Crippen LogP contribution in [0, 0.1) is 5.82 Å². The molecule has 0 spiro atoms. The Morgan fingerprint density at radius 1 is 1.11 bits per heavy atom. The second-order valence-electron chi connectivity index (χ2n) is 5.84. The summed E-state index contributed by atoms with van der Waals surface area (Å²) in [6, 6.07) is 7.35. The molecule has 4 aromatic rings. The fraction of sp³-hybridized carbons (Fsp3) is 0.167. The van der Waals surface area contributed by atoms with Crippen LogP contribution in [0.15, 0.2) is 48.1 Å². The molecule has 3 aromatic heterocycles. The predicted molar refractivity (Wildman–Crippen MR) is 101 cm³/mol. The van der Waals surface area contributed by atoms with E-state index in [1.165, 1.54) is 23.5 Å². The SMILES string of the molecule is OCC(CO)Nc1nccc(-c2c(-c3ccc(F)cc3)nc3sccn23)n1. The fourth-order valence-corrected chi connectivity index (χ4v) is 3.45. The van der Waals surface area contributed by atoms with E-state index < -0.39 is 6.04 Å². The van der Waals surface area contributed by atoms with E-state index in [-0.39, 0.29) is 25.0 Å². The standard InChI is InChI=1S/C18H16FN5O2S/c19-12-3-1-11(2-4-12)15-16(24-7-8-27-18(24)23-15)14-5-6-20-17(22-14)21-13(9-25)10-26/h1-8,13,25-26H,9-10H2,(H,20,21,22). The minimum absolute atomic E-state index is 0.244. The summed E-state index contributed by atoms with van der Waals surface area (Å²) in [5.41, 5.74) is 2.84. The van der Waals surface area contributed by atoms with Crippen LogP contribution < -0.4 is 5.32 Å². The van der Waals surface area contributed by atoms with Gasteiger partial charge in [0.2, 0.25) is 5.95 Å². The Labute approximate surface area is 157 Å². The first-order chi connectivity index (χ1) is 13.2. The first-order valence-electron chi connectivity index (χ1n) is 8.22. The zero-order chi connectivity index (χ0) is 18.8. The number of hydrogen-bond donors (Lipinski definition) is 3. The number of imidazole rings is 1. The van der Waals surface area contributed by atoms with Crippen molar-refractivity contribution in [3.05, 3.63) is 53.9 Å². The van der Waals surface area contributed by atoms with Crippen LogP contribution in [-0.4, -0.2) is 48.8 Å². The Kier molecular flexibility index (Phi) is 4.80. The van der Waals surface area contributed by atoms with Crippen LogP contribution in [0.25, 0.3) is 27.6 Å². The van der Waals surface area contributed by atoms with Crippen LogP contribution in [0.1, 0.15) is 0 Å². The normalized spacial score (nSPS) is 11.4. The third-order valence-corrected chi connectivity index (χ3v) is 4.81. The maximum Gasteiger partial charge on any atom is 0.223 e. The molecule has 0 fully saturated rings. The molecule has 138 valence electrons. The molecule has 4 rings (SSSR count). The van der Waals surface area contributed by atoms with Crippen LogP contribution in [0.4, 0.5) is 10.3 Å². The zero-order valence-electron chi connectivity index (χ0n) is 14.1. The lowest BCUT2D eigenvalue weighted by Gasteiger charge is -2.13. The summed E-state index contributed by atoms with van der Waals surface area (Å²) in [6.45, 7) is -0.487. The summed E-state index contributed by atoms with van der Waals surface area (Å²) >= 11 is 1.49. The molecule has 0 aliphatic heterocycles. The highest BCUT2D eigenvalue weighted by atomic mass is 32.1. The van der Waals surface area contributed by atoms with Crippen molar-refractivity contribution in [2.24, 2.45) is 0 Å². The Hall–Kier alpha value is -2.88. The number of hydrogen-bond acceptors (Lipinski definition) is 7. The first-order valence-corrected chi connectivity index (χ1v) is 9.10. The summed E-state index contributed by atoms with van der Waals surface area (Å²) < 4.78 is 15.2. The molecule has 9 heteroatoms. The van der Waals surface area contributed by atoms with Crippen molar-refractivity contribution in [2.75, 3.05) is 18.5 Å².